The van der Waals surface area contributed by atoms with E-state index in [1.807, 2.05) is 0 Å². The van der Waals surface area contributed by atoms with Gasteiger partial charge in [0.1, 0.15) is 6.10 Å². The van der Waals surface area contributed by atoms with Crippen LogP contribution in [0.3, 0.4) is 0 Å². The summed E-state index contributed by atoms with van der Waals surface area (Å²) in [5.41, 5.74) is 0. The lowest BCUT2D eigenvalue weighted by Gasteiger charge is -2.29. The van der Waals surface area contributed by atoms with Gasteiger partial charge in [0, 0.05) is 0 Å². The molecule has 1 aliphatic rings. The normalized spacial score (nSPS) is 23.0. The first-order chi connectivity index (χ1) is 12.0. The van der Waals surface area contributed by atoms with E-state index in [1.165, 1.54) is 32.1 Å². The standard InChI is InChI=1S/C21H38O4/c1-4-7-8-12-16(11-5-2)15-17(6-3)25-21(24)19-14-10-9-13-18(19)20(22)23/h16-19H,4-15H2,1-3H3,(H,22,23). The largest absolute Gasteiger partial charge is 0.481 e. The first kappa shape index (κ1) is 22.0. The summed E-state index contributed by atoms with van der Waals surface area (Å²) in [6.07, 6.45) is 12.0. The van der Waals surface area contributed by atoms with Gasteiger partial charge in [0.05, 0.1) is 11.8 Å². The molecule has 4 heteroatoms. The Balaban J connectivity index is 2.59. The number of ether oxygens (including phenoxy) is 1. The minimum atomic E-state index is -0.849. The Morgan fingerprint density at radius 1 is 1.00 bits per heavy atom. The van der Waals surface area contributed by atoms with Crippen molar-refractivity contribution in [1.29, 1.82) is 0 Å². The van der Waals surface area contributed by atoms with Crippen LogP contribution >= 0.6 is 0 Å². The molecule has 0 radical (unpaired) electrons. The number of carboxylic acid groups (broad SMARTS) is 1. The summed E-state index contributed by atoms with van der Waals surface area (Å²) >= 11 is 0. The van der Waals surface area contributed by atoms with Gasteiger partial charge >= 0.3 is 11.9 Å². The van der Waals surface area contributed by atoms with Crippen molar-refractivity contribution in [3.8, 4) is 0 Å². The molecular formula is C21H38O4. The van der Waals surface area contributed by atoms with E-state index >= 15 is 0 Å². The Morgan fingerprint density at radius 2 is 1.68 bits per heavy atom. The predicted octanol–water partition coefficient (Wildman–Crippen LogP) is 5.59. The van der Waals surface area contributed by atoms with Gasteiger partial charge in [-0.1, -0.05) is 72.1 Å². The number of unbranched alkanes of at least 4 members (excludes halogenated alkanes) is 2. The topological polar surface area (TPSA) is 63.6 Å². The average molecular weight is 355 g/mol. The molecule has 0 amide bonds. The fourth-order valence-electron chi connectivity index (χ4n) is 4.10. The third kappa shape index (κ3) is 7.79. The first-order valence-electron chi connectivity index (χ1n) is 10.5. The monoisotopic (exact) mass is 354 g/mol. The molecule has 1 saturated carbocycles. The van der Waals surface area contributed by atoms with Crippen molar-refractivity contribution in [3.63, 3.8) is 0 Å². The molecule has 0 aromatic carbocycles. The fourth-order valence-corrected chi connectivity index (χ4v) is 4.10. The van der Waals surface area contributed by atoms with Gasteiger partial charge in [0.15, 0.2) is 0 Å². The van der Waals surface area contributed by atoms with E-state index in [0.29, 0.717) is 18.8 Å². The van der Waals surface area contributed by atoms with Crippen molar-refractivity contribution in [2.24, 2.45) is 17.8 Å². The number of rotatable bonds is 12. The highest BCUT2D eigenvalue weighted by Crippen LogP contribution is 2.32. The van der Waals surface area contributed by atoms with Gasteiger partial charge in [0.2, 0.25) is 0 Å². The number of carbonyl (C=O) groups is 2. The molecule has 25 heavy (non-hydrogen) atoms. The van der Waals surface area contributed by atoms with Crippen LogP contribution < -0.4 is 0 Å². The quantitative estimate of drug-likeness (QED) is 0.367. The molecule has 0 aromatic heterocycles. The Hall–Kier alpha value is -1.06. The van der Waals surface area contributed by atoms with Crippen LogP contribution in [0, 0.1) is 17.8 Å². The van der Waals surface area contributed by atoms with Crippen LogP contribution in [0.5, 0.6) is 0 Å². The van der Waals surface area contributed by atoms with Crippen LogP contribution in [-0.2, 0) is 14.3 Å². The molecule has 0 saturated heterocycles. The maximum absolute atomic E-state index is 12.6. The highest BCUT2D eigenvalue weighted by Gasteiger charge is 2.37. The molecule has 0 aromatic rings. The van der Waals surface area contributed by atoms with Gasteiger partial charge in [-0.15, -0.1) is 0 Å². The van der Waals surface area contributed by atoms with Crippen molar-refractivity contribution >= 4 is 11.9 Å². The van der Waals surface area contributed by atoms with Crippen molar-refractivity contribution < 1.29 is 19.4 Å². The maximum atomic E-state index is 12.6. The molecule has 0 heterocycles. The number of esters is 1. The van der Waals surface area contributed by atoms with E-state index in [1.54, 1.807) is 0 Å². The minimum absolute atomic E-state index is 0.0675. The summed E-state index contributed by atoms with van der Waals surface area (Å²) in [4.78, 5) is 24.0. The number of aliphatic carboxylic acids is 1. The van der Waals surface area contributed by atoms with Crippen molar-refractivity contribution in [3.05, 3.63) is 0 Å². The van der Waals surface area contributed by atoms with Crippen LogP contribution in [0.1, 0.15) is 97.8 Å². The van der Waals surface area contributed by atoms with E-state index in [4.69, 9.17) is 4.74 Å². The smallest absolute Gasteiger partial charge is 0.310 e. The van der Waals surface area contributed by atoms with Crippen LogP contribution in [-0.4, -0.2) is 23.1 Å². The summed E-state index contributed by atoms with van der Waals surface area (Å²) in [6.45, 7) is 6.48. The molecule has 4 nitrogen and oxygen atoms in total. The summed E-state index contributed by atoms with van der Waals surface area (Å²) < 4.78 is 5.80. The molecule has 0 bridgehead atoms. The second-order valence-corrected chi connectivity index (χ2v) is 7.69. The second-order valence-electron chi connectivity index (χ2n) is 7.69. The number of carboxylic acids is 1. The van der Waals surface area contributed by atoms with Gasteiger partial charge < -0.3 is 9.84 Å². The Morgan fingerprint density at radius 3 is 2.24 bits per heavy atom. The maximum Gasteiger partial charge on any atom is 0.310 e. The second kappa shape index (κ2) is 12.3. The molecule has 1 fully saturated rings. The molecule has 1 N–H and O–H groups in total. The van der Waals surface area contributed by atoms with Crippen molar-refractivity contribution in [2.45, 2.75) is 104 Å². The summed E-state index contributed by atoms with van der Waals surface area (Å²) in [5.74, 6) is -1.53. The van der Waals surface area contributed by atoms with E-state index in [0.717, 1.165) is 32.1 Å². The van der Waals surface area contributed by atoms with Gasteiger partial charge in [-0.3, -0.25) is 9.59 Å². The number of carbonyl (C=O) groups excluding carboxylic acids is 1. The SMILES string of the molecule is CCCCCC(CCC)CC(CC)OC(=O)C1CCCCC1C(=O)O. The summed E-state index contributed by atoms with van der Waals surface area (Å²) in [6, 6.07) is 0. The third-order valence-electron chi connectivity index (χ3n) is 5.63. The number of hydrogen-bond donors (Lipinski definition) is 1. The number of hydrogen-bond acceptors (Lipinski definition) is 3. The minimum Gasteiger partial charge on any atom is -0.481 e. The molecule has 0 spiro atoms. The highest BCUT2D eigenvalue weighted by atomic mass is 16.5. The van der Waals surface area contributed by atoms with Crippen LogP contribution in [0.2, 0.25) is 0 Å². The fraction of sp³-hybridized carbons (Fsp3) is 0.905. The lowest BCUT2D eigenvalue weighted by Crippen LogP contribution is -2.35. The highest BCUT2D eigenvalue weighted by molar-refractivity contribution is 5.81. The van der Waals surface area contributed by atoms with Gasteiger partial charge in [-0.25, -0.2) is 0 Å². The summed E-state index contributed by atoms with van der Waals surface area (Å²) in [7, 11) is 0. The predicted molar refractivity (Wildman–Crippen MR) is 100 cm³/mol. The Kier molecular flexibility index (Phi) is 10.8. The van der Waals surface area contributed by atoms with Gasteiger partial charge in [-0.05, 0) is 31.6 Å². The molecular weight excluding hydrogens is 316 g/mol. The van der Waals surface area contributed by atoms with Gasteiger partial charge in [-0.2, -0.15) is 0 Å². The lowest BCUT2D eigenvalue weighted by atomic mass is 9.79. The molecule has 4 atom stereocenters. The molecule has 1 aliphatic carbocycles. The van der Waals surface area contributed by atoms with Crippen LogP contribution in [0.4, 0.5) is 0 Å². The van der Waals surface area contributed by atoms with Gasteiger partial charge in [0.25, 0.3) is 0 Å². The summed E-state index contributed by atoms with van der Waals surface area (Å²) in [5, 5.41) is 9.38. The third-order valence-corrected chi connectivity index (χ3v) is 5.63. The molecule has 146 valence electrons. The van der Waals surface area contributed by atoms with Crippen LogP contribution in [0.25, 0.3) is 0 Å². The zero-order chi connectivity index (χ0) is 18.7. The Bertz CT molecular complexity index is 393. The zero-order valence-electron chi connectivity index (χ0n) is 16.5. The van der Waals surface area contributed by atoms with Crippen LogP contribution in [0.15, 0.2) is 0 Å². The first-order valence-corrected chi connectivity index (χ1v) is 10.5. The molecule has 0 aliphatic heterocycles. The Labute approximate surface area is 153 Å². The van der Waals surface area contributed by atoms with E-state index in [-0.39, 0.29) is 12.1 Å². The molecule has 1 rings (SSSR count). The van der Waals surface area contributed by atoms with E-state index < -0.39 is 17.8 Å². The molecule has 4 unspecified atom stereocenters. The van der Waals surface area contributed by atoms with E-state index in [9.17, 15) is 14.7 Å². The van der Waals surface area contributed by atoms with Crippen molar-refractivity contribution in [1.82, 2.24) is 0 Å². The lowest BCUT2D eigenvalue weighted by molar-refractivity contribution is -0.164. The van der Waals surface area contributed by atoms with E-state index in [2.05, 4.69) is 20.8 Å². The zero-order valence-corrected chi connectivity index (χ0v) is 16.5. The van der Waals surface area contributed by atoms with Crippen molar-refractivity contribution in [2.75, 3.05) is 0 Å². The average Bonchev–Trinajstić information content (AvgIpc) is 2.61.